The van der Waals surface area contributed by atoms with E-state index in [9.17, 15) is 12.8 Å². The van der Waals surface area contributed by atoms with E-state index >= 15 is 0 Å². The Bertz CT molecular complexity index is 717. The van der Waals surface area contributed by atoms with E-state index in [1.54, 1.807) is 6.92 Å². The largest absolute Gasteiger partial charge is 0.308 e. The first-order chi connectivity index (χ1) is 9.42. The number of aromatic nitrogens is 1. The molecule has 0 atom stereocenters. The van der Waals surface area contributed by atoms with E-state index in [4.69, 9.17) is 5.84 Å². The summed E-state index contributed by atoms with van der Waals surface area (Å²) in [5.41, 5.74) is 3.10. The molecule has 0 bridgehead atoms. The molecule has 0 spiro atoms. The first kappa shape index (κ1) is 14.2. The summed E-state index contributed by atoms with van der Waals surface area (Å²) < 4.78 is 39.8. The van der Waals surface area contributed by atoms with E-state index in [2.05, 4.69) is 15.1 Å². The number of nitrogen functional groups attached to an aromatic ring is 1. The van der Waals surface area contributed by atoms with Gasteiger partial charge < -0.3 is 5.43 Å². The normalized spacial score (nSPS) is 11.2. The fourth-order valence-corrected chi connectivity index (χ4v) is 2.60. The zero-order valence-corrected chi connectivity index (χ0v) is 11.4. The summed E-state index contributed by atoms with van der Waals surface area (Å²) >= 11 is 0. The molecule has 20 heavy (non-hydrogen) atoms. The number of rotatable bonds is 4. The molecule has 0 aliphatic carbocycles. The summed E-state index contributed by atoms with van der Waals surface area (Å²) in [6, 6.07) is 6.64. The maximum absolute atomic E-state index is 13.2. The molecule has 2 aromatic rings. The number of aryl methyl sites for hydroxylation is 1. The van der Waals surface area contributed by atoms with Crippen molar-refractivity contribution < 1.29 is 12.8 Å². The fraction of sp³-hybridized carbons (Fsp3) is 0.0833. The van der Waals surface area contributed by atoms with Crippen LogP contribution in [0.1, 0.15) is 5.56 Å². The molecule has 8 heteroatoms. The number of hydrogen-bond donors (Lipinski definition) is 3. The molecule has 6 nitrogen and oxygen atoms in total. The molecule has 4 N–H and O–H groups in total. The molecule has 1 heterocycles. The zero-order chi connectivity index (χ0) is 14.8. The summed E-state index contributed by atoms with van der Waals surface area (Å²) in [4.78, 5) is 3.77. The van der Waals surface area contributed by atoms with E-state index in [-0.39, 0.29) is 10.6 Å². The molecule has 2 rings (SSSR count). The summed E-state index contributed by atoms with van der Waals surface area (Å²) in [6.45, 7) is 1.68. The van der Waals surface area contributed by atoms with Gasteiger partial charge >= 0.3 is 0 Å². The first-order valence-electron chi connectivity index (χ1n) is 5.64. The molecule has 0 radical (unpaired) electrons. The maximum atomic E-state index is 13.2. The predicted octanol–water partition coefficient (Wildman–Crippen LogP) is 1.62. The van der Waals surface area contributed by atoms with E-state index in [0.29, 0.717) is 11.4 Å². The first-order valence-corrected chi connectivity index (χ1v) is 7.12. The van der Waals surface area contributed by atoms with E-state index in [1.165, 1.54) is 24.3 Å². The van der Waals surface area contributed by atoms with Gasteiger partial charge in [-0.3, -0.25) is 4.72 Å². The number of benzene rings is 1. The summed E-state index contributed by atoms with van der Waals surface area (Å²) in [5, 5.41) is 0. The van der Waals surface area contributed by atoms with Crippen molar-refractivity contribution in [1.82, 2.24) is 4.98 Å². The van der Waals surface area contributed by atoms with Crippen molar-refractivity contribution in [3.63, 3.8) is 0 Å². The van der Waals surface area contributed by atoms with E-state index in [1.807, 2.05) is 0 Å². The van der Waals surface area contributed by atoms with Crippen LogP contribution in [0.2, 0.25) is 0 Å². The molecule has 0 saturated heterocycles. The van der Waals surface area contributed by atoms with E-state index < -0.39 is 15.8 Å². The third-order valence-corrected chi connectivity index (χ3v) is 3.99. The van der Waals surface area contributed by atoms with Crippen molar-refractivity contribution in [3.05, 3.63) is 47.9 Å². The minimum Gasteiger partial charge on any atom is -0.308 e. The van der Waals surface area contributed by atoms with Crippen molar-refractivity contribution in [3.8, 4) is 0 Å². The molecular formula is C12H13FN4O2S. The molecule has 1 aromatic carbocycles. The molecule has 0 amide bonds. The number of halogens is 1. The second kappa shape index (κ2) is 5.43. The van der Waals surface area contributed by atoms with Crippen molar-refractivity contribution in [2.45, 2.75) is 11.8 Å². The van der Waals surface area contributed by atoms with Crippen molar-refractivity contribution >= 4 is 21.5 Å². The Labute approximate surface area is 115 Å². The van der Waals surface area contributed by atoms with Gasteiger partial charge in [-0.25, -0.2) is 23.6 Å². The molecular weight excluding hydrogens is 283 g/mol. The van der Waals surface area contributed by atoms with Gasteiger partial charge in [0.1, 0.15) is 16.5 Å². The van der Waals surface area contributed by atoms with Crippen LogP contribution in [-0.2, 0) is 10.0 Å². The van der Waals surface area contributed by atoms with Crippen LogP contribution >= 0.6 is 0 Å². The number of nitrogens with zero attached hydrogens (tertiary/aromatic N) is 1. The number of sulfonamides is 1. The Morgan fingerprint density at radius 2 is 2.00 bits per heavy atom. The highest BCUT2D eigenvalue weighted by molar-refractivity contribution is 7.92. The highest BCUT2D eigenvalue weighted by Crippen LogP contribution is 2.20. The SMILES string of the molecule is Cc1ccc(F)cc1NS(=O)(=O)c1ccc(NN)nc1. The standard InChI is InChI=1S/C12H13FN4O2S/c1-8-2-3-9(13)6-11(8)17-20(18,19)10-4-5-12(16-14)15-7-10/h2-7,17H,14H2,1H3,(H,15,16). The van der Waals surface area contributed by atoms with Gasteiger partial charge in [0.05, 0.1) is 5.69 Å². The number of hydrazine groups is 1. The second-order valence-corrected chi connectivity index (χ2v) is 5.77. The Kier molecular flexibility index (Phi) is 3.86. The quantitative estimate of drug-likeness (QED) is 0.588. The number of nitrogens with one attached hydrogen (secondary N) is 2. The summed E-state index contributed by atoms with van der Waals surface area (Å²) in [7, 11) is -3.83. The van der Waals surface area contributed by atoms with Gasteiger partial charge in [-0.2, -0.15) is 0 Å². The molecule has 0 saturated carbocycles. The monoisotopic (exact) mass is 296 g/mol. The number of pyridine rings is 1. The molecule has 1 aromatic heterocycles. The van der Waals surface area contributed by atoms with Gasteiger partial charge in [0.25, 0.3) is 10.0 Å². The highest BCUT2D eigenvalue weighted by atomic mass is 32.2. The molecule has 106 valence electrons. The van der Waals surface area contributed by atoms with Gasteiger partial charge in [0.15, 0.2) is 0 Å². The minimum atomic E-state index is -3.83. The van der Waals surface area contributed by atoms with Gasteiger partial charge in [0, 0.05) is 6.20 Å². The van der Waals surface area contributed by atoms with Crippen LogP contribution in [-0.4, -0.2) is 13.4 Å². The van der Waals surface area contributed by atoms with Crippen molar-refractivity contribution in [2.75, 3.05) is 10.1 Å². The molecule has 0 aliphatic rings. The maximum Gasteiger partial charge on any atom is 0.263 e. The summed E-state index contributed by atoms with van der Waals surface area (Å²) in [5.74, 6) is 4.97. The lowest BCUT2D eigenvalue weighted by molar-refractivity contribution is 0.600. The van der Waals surface area contributed by atoms with Gasteiger partial charge in [-0.15, -0.1) is 0 Å². The number of nitrogens with two attached hydrogens (primary N) is 1. The highest BCUT2D eigenvalue weighted by Gasteiger charge is 2.16. The Hall–Kier alpha value is -2.19. The van der Waals surface area contributed by atoms with Crippen LogP contribution in [0.5, 0.6) is 0 Å². The average Bonchev–Trinajstić information content (AvgIpc) is 2.43. The minimum absolute atomic E-state index is 0.0415. The lowest BCUT2D eigenvalue weighted by Gasteiger charge is -2.10. The van der Waals surface area contributed by atoms with Crippen molar-refractivity contribution in [1.29, 1.82) is 0 Å². The van der Waals surface area contributed by atoms with Crippen LogP contribution in [0.15, 0.2) is 41.4 Å². The van der Waals surface area contributed by atoms with Crippen LogP contribution in [0.25, 0.3) is 0 Å². The number of hydrogen-bond acceptors (Lipinski definition) is 5. The number of anilines is 2. The topological polar surface area (TPSA) is 97.1 Å². The third kappa shape index (κ3) is 3.03. The Morgan fingerprint density at radius 3 is 2.60 bits per heavy atom. The third-order valence-electron chi connectivity index (χ3n) is 2.64. The lowest BCUT2D eigenvalue weighted by atomic mass is 10.2. The average molecular weight is 296 g/mol. The lowest BCUT2D eigenvalue weighted by Crippen LogP contribution is -2.15. The van der Waals surface area contributed by atoms with Crippen molar-refractivity contribution in [2.24, 2.45) is 5.84 Å². The predicted molar refractivity (Wildman–Crippen MR) is 74.0 cm³/mol. The van der Waals surface area contributed by atoms with E-state index in [0.717, 1.165) is 12.3 Å². The molecule has 0 unspecified atom stereocenters. The van der Waals surface area contributed by atoms with Crippen LogP contribution < -0.4 is 16.0 Å². The van der Waals surface area contributed by atoms with Gasteiger partial charge in [-0.1, -0.05) is 6.07 Å². The Morgan fingerprint density at radius 1 is 1.25 bits per heavy atom. The zero-order valence-electron chi connectivity index (χ0n) is 10.6. The molecule has 0 fully saturated rings. The summed E-state index contributed by atoms with van der Waals surface area (Å²) in [6.07, 6.45) is 1.16. The molecule has 0 aliphatic heterocycles. The Balaban J connectivity index is 2.32. The van der Waals surface area contributed by atoms with Crippen LogP contribution in [0.4, 0.5) is 15.9 Å². The van der Waals surface area contributed by atoms with Crippen LogP contribution in [0, 0.1) is 12.7 Å². The smallest absolute Gasteiger partial charge is 0.263 e. The second-order valence-electron chi connectivity index (χ2n) is 4.09. The van der Waals surface area contributed by atoms with Crippen LogP contribution in [0.3, 0.4) is 0 Å². The fourth-order valence-electron chi connectivity index (χ4n) is 1.53. The van der Waals surface area contributed by atoms with Gasteiger partial charge in [-0.05, 0) is 36.8 Å². The van der Waals surface area contributed by atoms with Gasteiger partial charge in [0.2, 0.25) is 0 Å².